The fraction of sp³-hybridized carbons (Fsp3) is 0.438. The first-order valence-electron chi connectivity index (χ1n) is 6.94. The first-order valence-corrected chi connectivity index (χ1v) is 6.94. The number of aryl methyl sites for hydroxylation is 1. The quantitative estimate of drug-likeness (QED) is 0.790. The molecule has 3 atom stereocenters. The molecule has 3 heteroatoms. The summed E-state index contributed by atoms with van der Waals surface area (Å²) in [4.78, 5) is 12.0. The molecule has 0 aromatic heterocycles. The molecule has 0 amide bonds. The van der Waals surface area contributed by atoms with E-state index in [0.717, 1.165) is 24.8 Å². The number of Topliss-reactive ketones (excluding diaryl/α,β-unsaturated/α-hetero) is 1. The number of carbonyl (C=O) groups is 1. The number of hydrogen-bond donors (Lipinski definition) is 2. The van der Waals surface area contributed by atoms with Crippen molar-refractivity contribution in [2.24, 2.45) is 17.4 Å². The molecule has 4 N–H and O–H groups in total. The topological polar surface area (TPSA) is 69.1 Å². The summed E-state index contributed by atoms with van der Waals surface area (Å²) in [6, 6.07) is 6.25. The maximum atomic E-state index is 12.0. The smallest absolute Gasteiger partial charge is 0.165 e. The third-order valence-electron chi connectivity index (χ3n) is 4.65. The molecule has 0 aliphatic heterocycles. The Morgan fingerprint density at radius 1 is 1.37 bits per heavy atom. The Kier molecular flexibility index (Phi) is 3.03. The van der Waals surface area contributed by atoms with Gasteiger partial charge in [-0.2, -0.15) is 0 Å². The molecular formula is C16H20N2O. The second-order valence-electron chi connectivity index (χ2n) is 5.68. The maximum Gasteiger partial charge on any atom is 0.165 e. The predicted octanol–water partition coefficient (Wildman–Crippen LogP) is 1.65. The summed E-state index contributed by atoms with van der Waals surface area (Å²) in [5.74, 6) is 0.339. The van der Waals surface area contributed by atoms with Gasteiger partial charge in [0.05, 0.1) is 0 Å². The number of fused-ring (bicyclic) bond motifs is 1. The van der Waals surface area contributed by atoms with E-state index < -0.39 is 0 Å². The van der Waals surface area contributed by atoms with E-state index in [-0.39, 0.29) is 23.7 Å². The van der Waals surface area contributed by atoms with Crippen LogP contribution in [0.2, 0.25) is 0 Å². The number of nitrogens with two attached hydrogens (primary N) is 2. The van der Waals surface area contributed by atoms with Crippen molar-refractivity contribution in [3.05, 3.63) is 47.0 Å². The molecule has 0 radical (unpaired) electrons. The number of benzene rings is 1. The lowest BCUT2D eigenvalue weighted by molar-refractivity contribution is -0.125. The van der Waals surface area contributed by atoms with Gasteiger partial charge in [0.15, 0.2) is 5.78 Å². The average molecular weight is 256 g/mol. The van der Waals surface area contributed by atoms with Crippen molar-refractivity contribution in [3.63, 3.8) is 0 Å². The van der Waals surface area contributed by atoms with Gasteiger partial charge in [0, 0.05) is 24.1 Å². The molecule has 1 aromatic carbocycles. The Hall–Kier alpha value is -1.45. The van der Waals surface area contributed by atoms with Crippen LogP contribution in [0.4, 0.5) is 0 Å². The first kappa shape index (κ1) is 12.6. The van der Waals surface area contributed by atoms with Gasteiger partial charge in [-0.05, 0) is 41.9 Å². The van der Waals surface area contributed by atoms with Crippen molar-refractivity contribution >= 4 is 5.78 Å². The summed E-state index contributed by atoms with van der Waals surface area (Å²) >= 11 is 0. The van der Waals surface area contributed by atoms with E-state index in [4.69, 9.17) is 11.5 Å². The highest BCUT2D eigenvalue weighted by atomic mass is 16.1. The summed E-state index contributed by atoms with van der Waals surface area (Å²) in [6.07, 6.45) is 3.26. The second-order valence-corrected chi connectivity index (χ2v) is 5.68. The third-order valence-corrected chi connectivity index (χ3v) is 4.65. The molecule has 1 fully saturated rings. The van der Waals surface area contributed by atoms with Crippen LogP contribution in [0, 0.1) is 5.92 Å². The Balaban J connectivity index is 1.98. The molecule has 19 heavy (non-hydrogen) atoms. The van der Waals surface area contributed by atoms with Gasteiger partial charge < -0.3 is 11.5 Å². The fourth-order valence-electron chi connectivity index (χ4n) is 3.48. The lowest BCUT2D eigenvalue weighted by Crippen LogP contribution is -2.53. The highest BCUT2D eigenvalue weighted by Crippen LogP contribution is 2.44. The number of ketones is 1. The fourth-order valence-corrected chi connectivity index (χ4v) is 3.48. The summed E-state index contributed by atoms with van der Waals surface area (Å²) in [5.41, 5.74) is 16.2. The van der Waals surface area contributed by atoms with Crippen LogP contribution in [0.5, 0.6) is 0 Å². The largest absolute Gasteiger partial charge is 0.326 e. The molecule has 3 rings (SSSR count). The number of carbonyl (C=O) groups excluding carboxylic acids is 1. The Morgan fingerprint density at radius 3 is 2.84 bits per heavy atom. The lowest BCUT2D eigenvalue weighted by atomic mass is 9.62. The van der Waals surface area contributed by atoms with Crippen LogP contribution in [-0.2, 0) is 17.8 Å². The van der Waals surface area contributed by atoms with Crippen LogP contribution in [0.25, 0.3) is 0 Å². The van der Waals surface area contributed by atoms with Crippen LogP contribution >= 0.6 is 0 Å². The molecule has 2 aliphatic rings. The lowest BCUT2D eigenvalue weighted by Gasteiger charge is -2.42. The van der Waals surface area contributed by atoms with Gasteiger partial charge in [-0.25, -0.2) is 0 Å². The normalized spacial score (nSPS) is 29.9. The Bertz CT molecular complexity index is 550. The zero-order valence-corrected chi connectivity index (χ0v) is 11.1. The molecule has 3 unspecified atom stereocenters. The zero-order chi connectivity index (χ0) is 13.6. The summed E-state index contributed by atoms with van der Waals surface area (Å²) < 4.78 is 0. The van der Waals surface area contributed by atoms with Gasteiger partial charge in [-0.15, -0.1) is 0 Å². The van der Waals surface area contributed by atoms with E-state index in [9.17, 15) is 4.79 Å². The van der Waals surface area contributed by atoms with Crippen LogP contribution in [0.3, 0.4) is 0 Å². The van der Waals surface area contributed by atoms with Crippen molar-refractivity contribution < 1.29 is 4.79 Å². The first-order chi connectivity index (χ1) is 9.13. The van der Waals surface area contributed by atoms with Crippen LogP contribution in [0.1, 0.15) is 35.4 Å². The third kappa shape index (κ3) is 1.85. The molecule has 1 saturated carbocycles. The van der Waals surface area contributed by atoms with Crippen molar-refractivity contribution in [1.82, 2.24) is 0 Å². The molecule has 1 aromatic rings. The van der Waals surface area contributed by atoms with E-state index in [1.54, 1.807) is 0 Å². The minimum atomic E-state index is -0.162. The summed E-state index contributed by atoms with van der Waals surface area (Å²) in [7, 11) is 0. The van der Waals surface area contributed by atoms with Gasteiger partial charge in [0.25, 0.3) is 0 Å². The van der Waals surface area contributed by atoms with Gasteiger partial charge in [-0.1, -0.05) is 24.8 Å². The molecule has 0 bridgehead atoms. The molecule has 0 spiro atoms. The summed E-state index contributed by atoms with van der Waals surface area (Å²) in [5, 5.41) is 0. The molecule has 2 aliphatic carbocycles. The van der Waals surface area contributed by atoms with Gasteiger partial charge >= 0.3 is 0 Å². The predicted molar refractivity (Wildman–Crippen MR) is 75.6 cm³/mol. The van der Waals surface area contributed by atoms with Crippen molar-refractivity contribution in [2.75, 3.05) is 0 Å². The molecular weight excluding hydrogens is 236 g/mol. The van der Waals surface area contributed by atoms with E-state index in [2.05, 4.69) is 24.8 Å². The number of rotatable bonds is 2. The highest BCUT2D eigenvalue weighted by Gasteiger charge is 2.47. The van der Waals surface area contributed by atoms with Gasteiger partial charge in [0.1, 0.15) is 0 Å². The van der Waals surface area contributed by atoms with E-state index in [1.807, 2.05) is 0 Å². The van der Waals surface area contributed by atoms with Crippen LogP contribution in [0.15, 0.2) is 30.4 Å². The monoisotopic (exact) mass is 256 g/mol. The SMILES string of the molecule is C=C1C(=O)C(C2CCCc3ccc(CN)cc32)C1N. The minimum Gasteiger partial charge on any atom is -0.326 e. The average Bonchev–Trinajstić information content (AvgIpc) is 2.46. The maximum absolute atomic E-state index is 12.0. The van der Waals surface area contributed by atoms with Crippen LogP contribution in [-0.4, -0.2) is 11.8 Å². The minimum absolute atomic E-state index is 0.0698. The molecule has 100 valence electrons. The van der Waals surface area contributed by atoms with Crippen molar-refractivity contribution in [3.8, 4) is 0 Å². The van der Waals surface area contributed by atoms with Gasteiger partial charge in [-0.3, -0.25) is 4.79 Å². The Morgan fingerprint density at radius 2 is 2.16 bits per heavy atom. The van der Waals surface area contributed by atoms with Crippen molar-refractivity contribution in [1.29, 1.82) is 0 Å². The highest BCUT2D eigenvalue weighted by molar-refractivity contribution is 6.06. The number of hydrogen-bond acceptors (Lipinski definition) is 3. The van der Waals surface area contributed by atoms with Crippen LogP contribution < -0.4 is 11.5 Å². The van der Waals surface area contributed by atoms with E-state index in [0.29, 0.717) is 12.1 Å². The summed E-state index contributed by atoms with van der Waals surface area (Å²) in [6.45, 7) is 4.30. The van der Waals surface area contributed by atoms with Gasteiger partial charge in [0.2, 0.25) is 0 Å². The molecule has 0 saturated heterocycles. The molecule has 3 nitrogen and oxygen atoms in total. The standard InChI is InChI=1S/C16H20N2O/c1-9-15(18)14(16(9)19)12-4-2-3-11-6-5-10(8-17)7-13(11)12/h5-7,12,14-15H,1-4,8,17-18H2. The van der Waals surface area contributed by atoms with Crippen molar-refractivity contribution in [2.45, 2.75) is 37.8 Å². The van der Waals surface area contributed by atoms with E-state index >= 15 is 0 Å². The second kappa shape index (κ2) is 4.58. The Labute approximate surface area is 113 Å². The zero-order valence-electron chi connectivity index (χ0n) is 11.1. The molecule has 0 heterocycles. The van der Waals surface area contributed by atoms with E-state index in [1.165, 1.54) is 11.1 Å².